The van der Waals surface area contributed by atoms with Crippen molar-refractivity contribution in [3.8, 4) is 0 Å². The number of rotatable bonds is 6. The van der Waals surface area contributed by atoms with Crippen LogP contribution in [-0.4, -0.2) is 15.8 Å². The van der Waals surface area contributed by atoms with Crippen molar-refractivity contribution in [2.24, 2.45) is 11.7 Å². The van der Waals surface area contributed by atoms with Gasteiger partial charge < -0.3 is 5.73 Å². The molecule has 0 spiro atoms. The molecule has 0 aromatic carbocycles. The third-order valence-electron chi connectivity index (χ3n) is 2.92. The summed E-state index contributed by atoms with van der Waals surface area (Å²) >= 11 is 6.35. The van der Waals surface area contributed by atoms with Gasteiger partial charge in [-0.15, -0.1) is 0 Å². The molecule has 0 saturated heterocycles. The van der Waals surface area contributed by atoms with Crippen molar-refractivity contribution in [1.82, 2.24) is 9.78 Å². The van der Waals surface area contributed by atoms with Crippen LogP contribution in [0, 0.1) is 5.92 Å². The Labute approximate surface area is 109 Å². The summed E-state index contributed by atoms with van der Waals surface area (Å²) in [7, 11) is 0. The molecule has 17 heavy (non-hydrogen) atoms. The highest BCUT2D eigenvalue weighted by molar-refractivity contribution is 6.31. The Morgan fingerprint density at radius 3 is 2.47 bits per heavy atom. The van der Waals surface area contributed by atoms with E-state index in [1.165, 1.54) is 0 Å². The molecule has 0 radical (unpaired) electrons. The zero-order chi connectivity index (χ0) is 13.0. The predicted molar refractivity (Wildman–Crippen MR) is 73.4 cm³/mol. The lowest BCUT2D eigenvalue weighted by Crippen LogP contribution is -2.26. The van der Waals surface area contributed by atoms with Gasteiger partial charge in [-0.2, -0.15) is 5.10 Å². The Morgan fingerprint density at radius 1 is 1.35 bits per heavy atom. The molecule has 1 rings (SSSR count). The van der Waals surface area contributed by atoms with E-state index in [9.17, 15) is 0 Å². The molecule has 0 fully saturated rings. The molecule has 1 atom stereocenters. The molecule has 0 aliphatic rings. The maximum atomic E-state index is 6.35. The van der Waals surface area contributed by atoms with E-state index in [4.69, 9.17) is 17.3 Å². The van der Waals surface area contributed by atoms with Gasteiger partial charge in [-0.1, -0.05) is 32.4 Å². The third-order valence-corrected chi connectivity index (χ3v) is 3.36. The van der Waals surface area contributed by atoms with Gasteiger partial charge in [0.15, 0.2) is 0 Å². The highest BCUT2D eigenvalue weighted by Crippen LogP contribution is 2.23. The van der Waals surface area contributed by atoms with Crippen LogP contribution in [0.2, 0.25) is 5.02 Å². The summed E-state index contributed by atoms with van der Waals surface area (Å²) < 4.78 is 1.99. The summed E-state index contributed by atoms with van der Waals surface area (Å²) in [5.41, 5.74) is 8.23. The van der Waals surface area contributed by atoms with E-state index in [0.717, 1.165) is 42.2 Å². The van der Waals surface area contributed by atoms with Crippen LogP contribution >= 0.6 is 11.6 Å². The Balaban J connectivity index is 2.85. The molecule has 0 bridgehead atoms. The largest absolute Gasteiger partial charge is 0.327 e. The van der Waals surface area contributed by atoms with Crippen molar-refractivity contribution in [2.45, 2.75) is 59.5 Å². The van der Waals surface area contributed by atoms with Gasteiger partial charge in [0.05, 0.1) is 16.4 Å². The summed E-state index contributed by atoms with van der Waals surface area (Å²) in [6.07, 6.45) is 2.71. The summed E-state index contributed by atoms with van der Waals surface area (Å²) in [6, 6.07) is 0.166. The highest BCUT2D eigenvalue weighted by atomic mass is 35.5. The Morgan fingerprint density at radius 2 is 2.00 bits per heavy atom. The summed E-state index contributed by atoms with van der Waals surface area (Å²) in [5, 5.41) is 5.32. The fraction of sp³-hybridized carbons (Fsp3) is 0.769. The van der Waals surface area contributed by atoms with Gasteiger partial charge >= 0.3 is 0 Å². The second kappa shape index (κ2) is 6.41. The van der Waals surface area contributed by atoms with E-state index in [-0.39, 0.29) is 6.04 Å². The predicted octanol–water partition coefficient (Wildman–Crippen LogP) is 3.03. The van der Waals surface area contributed by atoms with Crippen LogP contribution in [0.3, 0.4) is 0 Å². The normalized spacial score (nSPS) is 13.4. The topological polar surface area (TPSA) is 43.8 Å². The van der Waals surface area contributed by atoms with Gasteiger partial charge in [-0.3, -0.25) is 4.68 Å². The Bertz CT molecular complexity index is 358. The highest BCUT2D eigenvalue weighted by Gasteiger charge is 2.17. The van der Waals surface area contributed by atoms with Crippen molar-refractivity contribution in [2.75, 3.05) is 0 Å². The van der Waals surface area contributed by atoms with Gasteiger partial charge in [-0.25, -0.2) is 0 Å². The zero-order valence-corrected chi connectivity index (χ0v) is 12.1. The van der Waals surface area contributed by atoms with Gasteiger partial charge in [0.2, 0.25) is 0 Å². The number of hydrogen-bond donors (Lipinski definition) is 1. The molecule has 1 unspecified atom stereocenters. The van der Waals surface area contributed by atoms with E-state index in [2.05, 4.69) is 32.8 Å². The molecule has 1 aromatic heterocycles. The lowest BCUT2D eigenvalue weighted by atomic mass is 10.0. The quantitative estimate of drug-likeness (QED) is 0.851. The Kier molecular flexibility index (Phi) is 5.47. The van der Waals surface area contributed by atoms with Gasteiger partial charge in [-0.05, 0) is 25.7 Å². The second-order valence-corrected chi connectivity index (χ2v) is 5.35. The third kappa shape index (κ3) is 3.71. The van der Waals surface area contributed by atoms with Crippen LogP contribution in [0.5, 0.6) is 0 Å². The molecule has 0 amide bonds. The van der Waals surface area contributed by atoms with Gasteiger partial charge in [0.1, 0.15) is 0 Å². The molecule has 0 aliphatic heterocycles. The van der Waals surface area contributed by atoms with Crippen LogP contribution in [0.15, 0.2) is 0 Å². The number of nitrogens with zero attached hydrogens (tertiary/aromatic N) is 2. The van der Waals surface area contributed by atoms with Crippen LogP contribution < -0.4 is 5.73 Å². The fourth-order valence-corrected chi connectivity index (χ4v) is 2.50. The smallest absolute Gasteiger partial charge is 0.0850 e. The molecule has 1 heterocycles. The molecule has 98 valence electrons. The van der Waals surface area contributed by atoms with E-state index >= 15 is 0 Å². The zero-order valence-electron chi connectivity index (χ0n) is 11.3. The second-order valence-electron chi connectivity index (χ2n) is 4.97. The molecule has 1 aromatic rings. The van der Waals surface area contributed by atoms with Crippen LogP contribution in [-0.2, 0) is 19.4 Å². The van der Waals surface area contributed by atoms with Crippen molar-refractivity contribution in [1.29, 1.82) is 0 Å². The molecule has 3 nitrogen and oxygen atoms in total. The minimum Gasteiger partial charge on any atom is -0.327 e. The fourth-order valence-electron chi connectivity index (χ4n) is 2.15. The number of aromatic nitrogens is 2. The first-order chi connectivity index (χ1) is 7.99. The monoisotopic (exact) mass is 257 g/mol. The van der Waals surface area contributed by atoms with Gasteiger partial charge in [0, 0.05) is 19.0 Å². The first kappa shape index (κ1) is 14.5. The number of halogens is 1. The Hall–Kier alpha value is -0.540. The van der Waals surface area contributed by atoms with Crippen molar-refractivity contribution >= 4 is 11.6 Å². The van der Waals surface area contributed by atoms with Crippen molar-refractivity contribution < 1.29 is 0 Å². The average Bonchev–Trinajstić information content (AvgIpc) is 2.55. The lowest BCUT2D eigenvalue weighted by Gasteiger charge is -2.15. The molecule has 0 aliphatic carbocycles. The van der Waals surface area contributed by atoms with E-state index in [1.54, 1.807) is 0 Å². The molecule has 4 heteroatoms. The molecular weight excluding hydrogens is 234 g/mol. The van der Waals surface area contributed by atoms with Crippen molar-refractivity contribution in [3.63, 3.8) is 0 Å². The van der Waals surface area contributed by atoms with Crippen molar-refractivity contribution in [3.05, 3.63) is 16.4 Å². The standard InChI is InChI=1S/C13H24ClN3/c1-5-11-13(14)12(17(6-2)16-11)8-10(15)7-9(3)4/h9-10H,5-8,15H2,1-4H3. The SMILES string of the molecule is CCc1nn(CC)c(CC(N)CC(C)C)c1Cl. The minimum atomic E-state index is 0.166. The first-order valence-corrected chi connectivity index (χ1v) is 6.86. The van der Waals surface area contributed by atoms with E-state index in [1.807, 2.05) is 4.68 Å². The average molecular weight is 258 g/mol. The molecular formula is C13H24ClN3. The lowest BCUT2D eigenvalue weighted by molar-refractivity contribution is 0.478. The number of hydrogen-bond acceptors (Lipinski definition) is 2. The first-order valence-electron chi connectivity index (χ1n) is 6.49. The van der Waals surface area contributed by atoms with E-state index < -0.39 is 0 Å². The summed E-state index contributed by atoms with van der Waals surface area (Å²) in [6.45, 7) is 9.39. The van der Waals surface area contributed by atoms with Crippen LogP contribution in [0.25, 0.3) is 0 Å². The summed E-state index contributed by atoms with van der Waals surface area (Å²) in [5.74, 6) is 0.618. The number of aryl methyl sites for hydroxylation is 2. The van der Waals surface area contributed by atoms with E-state index in [0.29, 0.717) is 5.92 Å². The summed E-state index contributed by atoms with van der Waals surface area (Å²) in [4.78, 5) is 0. The molecule has 0 saturated carbocycles. The van der Waals surface area contributed by atoms with Gasteiger partial charge in [0.25, 0.3) is 0 Å². The van der Waals surface area contributed by atoms with Crippen LogP contribution in [0.4, 0.5) is 0 Å². The maximum Gasteiger partial charge on any atom is 0.0850 e. The van der Waals surface area contributed by atoms with Crippen LogP contribution in [0.1, 0.15) is 45.5 Å². The minimum absolute atomic E-state index is 0.166. The maximum absolute atomic E-state index is 6.35. The molecule has 2 N–H and O–H groups in total. The number of nitrogens with two attached hydrogens (primary N) is 1.